The minimum Gasteiger partial charge on any atom is -0.312 e. The Morgan fingerprint density at radius 2 is 1.43 bits per heavy atom. The lowest BCUT2D eigenvalue weighted by Crippen LogP contribution is -2.19. The van der Waals surface area contributed by atoms with Gasteiger partial charge in [0.2, 0.25) is 0 Å². The van der Waals surface area contributed by atoms with E-state index in [1.54, 1.807) is 6.08 Å². The molecule has 0 bridgehead atoms. The Bertz CT molecular complexity index is 201. The van der Waals surface area contributed by atoms with Gasteiger partial charge in [-0.25, -0.2) is 0 Å². The Morgan fingerprint density at radius 1 is 1.21 bits per heavy atom. The number of allylic oxidation sites excluding steroid dienone is 1. The van der Waals surface area contributed by atoms with Crippen LogP contribution in [0.15, 0.2) is 24.8 Å². The van der Waals surface area contributed by atoms with Crippen molar-refractivity contribution >= 4 is 11.8 Å². The summed E-state index contributed by atoms with van der Waals surface area (Å²) in [5.41, 5.74) is 0. The summed E-state index contributed by atoms with van der Waals surface area (Å²) in [4.78, 5) is 22.1. The molecular weight excluding hydrogens is 180 g/mol. The van der Waals surface area contributed by atoms with Gasteiger partial charge in [-0.2, -0.15) is 0 Å². The predicted molar refractivity (Wildman–Crippen MR) is 57.8 cm³/mol. The highest BCUT2D eigenvalue weighted by Crippen LogP contribution is 1.82. The van der Waals surface area contributed by atoms with Crippen molar-refractivity contribution in [3.05, 3.63) is 24.8 Å². The van der Waals surface area contributed by atoms with E-state index >= 15 is 0 Å². The minimum absolute atomic E-state index is 0.329. The number of amides is 2. The van der Waals surface area contributed by atoms with Crippen LogP contribution in [-0.4, -0.2) is 37.9 Å². The average Bonchev–Trinajstić information content (AvgIpc) is 2.34. The minimum atomic E-state index is -0.329. The molecule has 1 N–H and O–H groups in total. The normalized spacial score (nSPS) is 12.4. The quantitative estimate of drug-likeness (QED) is 0.457. The first-order chi connectivity index (χ1) is 6.43. The number of rotatable bonds is 0. The van der Waals surface area contributed by atoms with Gasteiger partial charge in [0.05, 0.1) is 0 Å². The molecular formula is C10H18N2O2. The molecule has 0 saturated heterocycles. The first-order valence-electron chi connectivity index (χ1n) is 4.15. The Morgan fingerprint density at radius 3 is 1.50 bits per heavy atom. The van der Waals surface area contributed by atoms with Gasteiger partial charge < -0.3 is 4.90 Å². The second-order valence-corrected chi connectivity index (χ2v) is 2.94. The van der Waals surface area contributed by atoms with Gasteiger partial charge in [-0.15, -0.1) is 6.58 Å². The monoisotopic (exact) mass is 198 g/mol. The molecule has 4 heteroatoms. The van der Waals surface area contributed by atoms with E-state index in [0.717, 1.165) is 0 Å². The molecule has 0 aliphatic carbocycles. The summed E-state index contributed by atoms with van der Waals surface area (Å²) >= 11 is 0. The average molecular weight is 198 g/mol. The van der Waals surface area contributed by atoms with Crippen molar-refractivity contribution in [2.75, 3.05) is 21.1 Å². The SMILES string of the molecule is C=CC.CN(C)C.O=C1C=CC(=O)N1. The maximum atomic E-state index is 10.0. The zero-order valence-electron chi connectivity index (χ0n) is 9.20. The highest BCUT2D eigenvalue weighted by atomic mass is 16.2. The Balaban J connectivity index is 0. The molecule has 0 atom stereocenters. The molecule has 0 unspecified atom stereocenters. The number of imide groups is 1. The predicted octanol–water partition coefficient (Wildman–Crippen LogP) is 0.569. The van der Waals surface area contributed by atoms with Crippen LogP contribution in [0.4, 0.5) is 0 Å². The van der Waals surface area contributed by atoms with Gasteiger partial charge in [0, 0.05) is 12.2 Å². The summed E-state index contributed by atoms with van der Waals surface area (Å²) in [7, 11) is 6.00. The number of nitrogens with one attached hydrogen (secondary N) is 1. The third-order valence-electron chi connectivity index (χ3n) is 0.632. The number of hydrogen-bond acceptors (Lipinski definition) is 3. The first-order valence-corrected chi connectivity index (χ1v) is 4.15. The summed E-state index contributed by atoms with van der Waals surface area (Å²) in [5, 5.41) is 2.03. The Labute approximate surface area is 85.3 Å². The summed E-state index contributed by atoms with van der Waals surface area (Å²) in [6.45, 7) is 5.25. The van der Waals surface area contributed by atoms with Crippen LogP contribution in [0.25, 0.3) is 0 Å². The number of carbonyl (C=O) groups is 2. The zero-order chi connectivity index (χ0) is 11.6. The van der Waals surface area contributed by atoms with Crippen molar-refractivity contribution in [1.82, 2.24) is 10.2 Å². The second kappa shape index (κ2) is 9.67. The van der Waals surface area contributed by atoms with Crippen molar-refractivity contribution in [1.29, 1.82) is 0 Å². The van der Waals surface area contributed by atoms with Crippen LogP contribution in [-0.2, 0) is 9.59 Å². The van der Waals surface area contributed by atoms with Gasteiger partial charge in [0.25, 0.3) is 11.8 Å². The topological polar surface area (TPSA) is 49.4 Å². The van der Waals surface area contributed by atoms with E-state index in [4.69, 9.17) is 0 Å². The van der Waals surface area contributed by atoms with Crippen molar-refractivity contribution in [3.8, 4) is 0 Å². The van der Waals surface area contributed by atoms with E-state index in [0.29, 0.717) is 0 Å². The molecule has 1 heterocycles. The van der Waals surface area contributed by atoms with E-state index < -0.39 is 0 Å². The number of carbonyl (C=O) groups excluding carboxylic acids is 2. The molecule has 4 nitrogen and oxygen atoms in total. The lowest BCUT2D eigenvalue weighted by molar-refractivity contribution is -0.123. The smallest absolute Gasteiger partial charge is 0.250 e. The maximum Gasteiger partial charge on any atom is 0.250 e. The van der Waals surface area contributed by atoms with Crippen LogP contribution in [0.3, 0.4) is 0 Å². The van der Waals surface area contributed by atoms with Crippen LogP contribution in [0, 0.1) is 0 Å². The molecule has 0 fully saturated rings. The van der Waals surface area contributed by atoms with Crippen LogP contribution >= 0.6 is 0 Å². The van der Waals surface area contributed by atoms with Gasteiger partial charge in [-0.05, 0) is 28.1 Å². The van der Waals surface area contributed by atoms with Gasteiger partial charge in [-0.1, -0.05) is 6.08 Å². The summed E-state index contributed by atoms with van der Waals surface area (Å²) in [6.07, 6.45) is 4.14. The summed E-state index contributed by atoms with van der Waals surface area (Å²) < 4.78 is 0. The van der Waals surface area contributed by atoms with E-state index in [-0.39, 0.29) is 11.8 Å². The number of hydrogen-bond donors (Lipinski definition) is 1. The zero-order valence-corrected chi connectivity index (χ0v) is 9.20. The van der Waals surface area contributed by atoms with Crippen molar-refractivity contribution in [3.63, 3.8) is 0 Å². The highest BCUT2D eigenvalue weighted by molar-refractivity contribution is 6.12. The molecule has 0 aromatic rings. The van der Waals surface area contributed by atoms with Gasteiger partial charge >= 0.3 is 0 Å². The fraction of sp³-hybridized carbons (Fsp3) is 0.400. The van der Waals surface area contributed by atoms with Crippen LogP contribution in [0.5, 0.6) is 0 Å². The summed E-state index contributed by atoms with van der Waals surface area (Å²) in [5.74, 6) is -0.657. The van der Waals surface area contributed by atoms with E-state index in [9.17, 15) is 9.59 Å². The third-order valence-corrected chi connectivity index (χ3v) is 0.632. The highest BCUT2D eigenvalue weighted by Gasteiger charge is 2.06. The van der Waals surface area contributed by atoms with Crippen molar-refractivity contribution in [2.24, 2.45) is 0 Å². The van der Waals surface area contributed by atoms with Crippen LogP contribution < -0.4 is 5.32 Å². The molecule has 0 saturated carbocycles. The largest absolute Gasteiger partial charge is 0.312 e. The van der Waals surface area contributed by atoms with Gasteiger partial charge in [0.15, 0.2) is 0 Å². The van der Waals surface area contributed by atoms with Gasteiger partial charge in [-0.3, -0.25) is 14.9 Å². The first kappa shape index (κ1) is 15.1. The standard InChI is InChI=1S/C4H3NO2.C3H9N.C3H6/c6-3-1-2-4(7)5-3;1-4(2)3;1-3-2/h1-2H,(H,5,6,7);1-3H3;3H,1H2,2H3. The summed E-state index contributed by atoms with van der Waals surface area (Å²) in [6, 6.07) is 0. The fourth-order valence-corrected chi connectivity index (χ4v) is 0.356. The van der Waals surface area contributed by atoms with E-state index in [2.05, 4.69) is 6.58 Å². The van der Waals surface area contributed by atoms with Crippen LogP contribution in [0.1, 0.15) is 6.92 Å². The Hall–Kier alpha value is -1.42. The second-order valence-electron chi connectivity index (χ2n) is 2.94. The lowest BCUT2D eigenvalue weighted by Gasteiger charge is -1.90. The molecule has 0 radical (unpaired) electrons. The molecule has 14 heavy (non-hydrogen) atoms. The molecule has 2 amide bonds. The molecule has 1 aliphatic heterocycles. The molecule has 0 aromatic carbocycles. The molecule has 80 valence electrons. The fourth-order valence-electron chi connectivity index (χ4n) is 0.356. The number of nitrogens with zero attached hydrogens (tertiary/aromatic N) is 1. The molecule has 0 spiro atoms. The lowest BCUT2D eigenvalue weighted by atomic mass is 10.6. The van der Waals surface area contributed by atoms with E-state index in [1.807, 2.05) is 38.3 Å². The van der Waals surface area contributed by atoms with Crippen molar-refractivity contribution in [2.45, 2.75) is 6.92 Å². The van der Waals surface area contributed by atoms with E-state index in [1.165, 1.54) is 12.2 Å². The van der Waals surface area contributed by atoms with Crippen LogP contribution in [0.2, 0.25) is 0 Å². The molecule has 1 aliphatic rings. The maximum absolute atomic E-state index is 10.0. The van der Waals surface area contributed by atoms with Crippen molar-refractivity contribution < 1.29 is 9.59 Å². The third kappa shape index (κ3) is 16.9. The Kier molecular flexibility index (Phi) is 10.4. The molecule has 0 aromatic heterocycles. The molecule has 1 rings (SSSR count). The van der Waals surface area contributed by atoms with Gasteiger partial charge in [0.1, 0.15) is 0 Å².